The number of aryl methyl sites for hydroxylation is 1. The second kappa shape index (κ2) is 12.9. The number of carboxylic acids is 1. The number of carbonyl (C=O) groups is 1. The summed E-state index contributed by atoms with van der Waals surface area (Å²) in [6.07, 6.45) is 7.44. The number of carboxylic acid groups (broad SMARTS) is 1. The molecule has 0 aliphatic carbocycles. The summed E-state index contributed by atoms with van der Waals surface area (Å²) in [5.41, 5.74) is 12.3. The lowest BCUT2D eigenvalue weighted by atomic mass is 9.80. The van der Waals surface area contributed by atoms with Gasteiger partial charge < -0.3 is 14.5 Å². The summed E-state index contributed by atoms with van der Waals surface area (Å²) < 4.78 is 4.20. The van der Waals surface area contributed by atoms with E-state index in [-0.39, 0.29) is 6.42 Å². The Kier molecular flexibility index (Phi) is 9.18. The van der Waals surface area contributed by atoms with Gasteiger partial charge in [0.25, 0.3) is 0 Å². The Morgan fingerprint density at radius 1 is 0.956 bits per heavy atom. The molecule has 1 aliphatic heterocycles. The van der Waals surface area contributed by atoms with Crippen molar-refractivity contribution in [2.24, 2.45) is 0 Å². The second-order valence-corrected chi connectivity index (χ2v) is 13.2. The average molecular weight is 621 g/mol. The minimum Gasteiger partial charge on any atom is -0.481 e. The molecule has 0 atom stereocenters. The predicted molar refractivity (Wildman–Crippen MR) is 185 cm³/mol. The molecule has 0 amide bonds. The van der Waals surface area contributed by atoms with Crippen LogP contribution in [0.5, 0.6) is 0 Å². The first-order valence-corrected chi connectivity index (χ1v) is 16.1. The maximum absolute atomic E-state index is 12.1. The van der Waals surface area contributed by atoms with E-state index in [0.29, 0.717) is 0 Å². The van der Waals surface area contributed by atoms with E-state index in [1.165, 1.54) is 16.7 Å². The summed E-state index contributed by atoms with van der Waals surface area (Å²) in [7, 11) is 0. The van der Waals surface area contributed by atoms with Crippen LogP contribution >= 0.6 is 11.9 Å². The Bertz CT molecular complexity index is 1840. The number of pyridine rings is 1. The Labute approximate surface area is 269 Å². The maximum Gasteiger partial charge on any atom is 0.307 e. The van der Waals surface area contributed by atoms with Gasteiger partial charge in [0.2, 0.25) is 0 Å². The number of aliphatic hydroxyl groups is 1. The van der Waals surface area contributed by atoms with Gasteiger partial charge in [-0.15, -0.1) is 0 Å². The van der Waals surface area contributed by atoms with Crippen LogP contribution in [0.1, 0.15) is 48.6 Å². The normalized spacial score (nSPS) is 12.2. The van der Waals surface area contributed by atoms with Crippen LogP contribution in [0.15, 0.2) is 79.4 Å². The number of hydrogen-bond acceptors (Lipinski definition) is 6. The number of imidazole rings is 1. The van der Waals surface area contributed by atoms with Crippen molar-refractivity contribution in [2.75, 3.05) is 10.6 Å². The summed E-state index contributed by atoms with van der Waals surface area (Å²) in [6, 6.07) is 21.0. The van der Waals surface area contributed by atoms with Crippen LogP contribution in [0, 0.1) is 20.8 Å². The third-order valence-electron chi connectivity index (χ3n) is 7.73. The van der Waals surface area contributed by atoms with Gasteiger partial charge in [0, 0.05) is 29.8 Å². The second-order valence-electron chi connectivity index (χ2n) is 12.4. The van der Waals surface area contributed by atoms with Gasteiger partial charge in [-0.05, 0) is 98.7 Å². The number of rotatable bonds is 6. The zero-order valence-corrected chi connectivity index (χ0v) is 27.7. The van der Waals surface area contributed by atoms with Crippen LogP contribution in [-0.4, -0.2) is 42.6 Å². The average Bonchev–Trinajstić information content (AvgIpc) is 3.54. The molecule has 8 heteroatoms. The van der Waals surface area contributed by atoms with Gasteiger partial charge in [0.1, 0.15) is 12.1 Å². The first-order chi connectivity index (χ1) is 21.4. The predicted octanol–water partition coefficient (Wildman–Crippen LogP) is 8.20. The summed E-state index contributed by atoms with van der Waals surface area (Å²) in [4.78, 5) is 21.2. The minimum absolute atomic E-state index is 0.0246. The van der Waals surface area contributed by atoms with Crippen LogP contribution in [0.4, 0.5) is 5.69 Å². The van der Waals surface area contributed by atoms with Crippen molar-refractivity contribution in [3.8, 4) is 39.3 Å². The number of hydrogen-bond donors (Lipinski definition) is 2. The third kappa shape index (κ3) is 6.97. The zero-order chi connectivity index (χ0) is 32.5. The lowest BCUT2D eigenvalue weighted by Crippen LogP contribution is -2.22. The van der Waals surface area contributed by atoms with E-state index >= 15 is 0 Å². The first-order valence-electron chi connectivity index (χ1n) is 14.9. The summed E-state index contributed by atoms with van der Waals surface area (Å²) in [6.45, 7) is 12.2. The molecule has 3 heterocycles. The van der Waals surface area contributed by atoms with Crippen LogP contribution in [0.2, 0.25) is 0 Å². The van der Waals surface area contributed by atoms with E-state index in [4.69, 9.17) is 10.1 Å². The Morgan fingerprint density at radius 3 is 2.27 bits per heavy atom. The highest BCUT2D eigenvalue weighted by atomic mass is 32.2. The molecule has 2 aromatic heterocycles. The molecule has 0 saturated heterocycles. The van der Waals surface area contributed by atoms with Crippen LogP contribution in [0.3, 0.4) is 0 Å². The topological polar surface area (TPSA) is 91.5 Å². The molecule has 7 nitrogen and oxygen atoms in total. The minimum atomic E-state index is -0.825. The number of aliphatic carboxylic acids is 1. The van der Waals surface area contributed by atoms with E-state index in [2.05, 4.69) is 78.8 Å². The number of anilines is 1. The molecule has 6 rings (SSSR count). The van der Waals surface area contributed by atoms with Crippen molar-refractivity contribution in [1.29, 1.82) is 0 Å². The molecule has 0 saturated carbocycles. The van der Waals surface area contributed by atoms with Crippen LogP contribution in [0.25, 0.3) is 39.3 Å². The van der Waals surface area contributed by atoms with E-state index in [0.717, 1.165) is 62.7 Å². The van der Waals surface area contributed by atoms with Gasteiger partial charge in [0.15, 0.2) is 0 Å². The molecule has 5 aromatic rings. The number of benzene rings is 3. The van der Waals surface area contributed by atoms with Crippen molar-refractivity contribution in [3.63, 3.8) is 0 Å². The van der Waals surface area contributed by atoms with Gasteiger partial charge in [0.05, 0.1) is 29.9 Å². The molecule has 0 unspecified atom stereocenters. The number of aromatic nitrogens is 3. The quantitative estimate of drug-likeness (QED) is 0.185. The van der Waals surface area contributed by atoms with Gasteiger partial charge in [-0.1, -0.05) is 60.0 Å². The monoisotopic (exact) mass is 620 g/mol. The smallest absolute Gasteiger partial charge is 0.307 e. The molecule has 45 heavy (non-hydrogen) atoms. The van der Waals surface area contributed by atoms with Crippen molar-refractivity contribution in [2.45, 2.75) is 60.1 Å². The molecule has 232 valence electrons. The number of nitrogens with zero attached hydrogens (tertiary/aromatic N) is 4. The standard InChI is InChI=1S/C33H30N4O2S.C4H10O/c1-20-8-10-23(11-9-20)31-22(3)32-27-16-24(28-6-5-7-29(35-28)36-15-14-34-19-36)12-13-25(27)18-37(40-4)33(32)21(2)26(31)17-30(38)39;1-4(2,3)5/h5-16,19H,17-18H2,1-4H3,(H,38,39);5H,1-3H3. The first kappa shape index (κ1) is 32.0. The summed E-state index contributed by atoms with van der Waals surface area (Å²) in [5.74, 6) is -0.0115. The molecule has 3 aromatic carbocycles. The lowest BCUT2D eigenvalue weighted by molar-refractivity contribution is -0.136. The molecular formula is C37H40N4O3S. The highest BCUT2D eigenvalue weighted by Crippen LogP contribution is 2.50. The molecular weight excluding hydrogens is 580 g/mol. The maximum atomic E-state index is 12.1. The molecule has 1 aliphatic rings. The van der Waals surface area contributed by atoms with Gasteiger partial charge >= 0.3 is 5.97 Å². The Hall–Kier alpha value is -4.40. The molecule has 0 fully saturated rings. The van der Waals surface area contributed by atoms with E-state index < -0.39 is 11.6 Å². The Balaban J connectivity index is 0.000000743. The highest BCUT2D eigenvalue weighted by Gasteiger charge is 2.30. The Morgan fingerprint density at radius 2 is 1.64 bits per heavy atom. The molecule has 0 spiro atoms. The van der Waals surface area contributed by atoms with E-state index in [9.17, 15) is 9.90 Å². The van der Waals surface area contributed by atoms with Gasteiger partial charge in [-0.3, -0.25) is 9.36 Å². The van der Waals surface area contributed by atoms with Crippen LogP contribution in [-0.2, 0) is 17.8 Å². The number of fused-ring (bicyclic) bond motifs is 3. The fourth-order valence-corrected chi connectivity index (χ4v) is 6.47. The van der Waals surface area contributed by atoms with Crippen molar-refractivity contribution < 1.29 is 15.0 Å². The fourth-order valence-electron chi connectivity index (χ4n) is 5.79. The molecule has 2 N–H and O–H groups in total. The van der Waals surface area contributed by atoms with Crippen molar-refractivity contribution in [1.82, 2.24) is 14.5 Å². The van der Waals surface area contributed by atoms with E-state index in [1.807, 2.05) is 29.0 Å². The summed E-state index contributed by atoms with van der Waals surface area (Å²) >= 11 is 1.67. The highest BCUT2D eigenvalue weighted by molar-refractivity contribution is 7.99. The molecule has 0 bridgehead atoms. The lowest BCUT2D eigenvalue weighted by Gasteiger charge is -2.36. The van der Waals surface area contributed by atoms with Gasteiger partial charge in [-0.2, -0.15) is 0 Å². The van der Waals surface area contributed by atoms with Crippen LogP contribution < -0.4 is 4.31 Å². The van der Waals surface area contributed by atoms with E-state index in [1.54, 1.807) is 45.2 Å². The van der Waals surface area contributed by atoms with Gasteiger partial charge in [-0.25, -0.2) is 9.97 Å². The molecule has 0 radical (unpaired) electrons. The van der Waals surface area contributed by atoms with Crippen molar-refractivity contribution >= 4 is 23.6 Å². The largest absolute Gasteiger partial charge is 0.481 e. The summed E-state index contributed by atoms with van der Waals surface area (Å²) in [5, 5.41) is 18.4. The zero-order valence-electron chi connectivity index (χ0n) is 26.9. The SMILES string of the molecule is CC(C)(C)O.CSN1Cc2ccc(-c3cccc(-n4ccnc4)n3)cc2-c2c(C)c(-c3ccc(C)cc3)c(CC(=O)O)c(C)c21. The third-order valence-corrected chi connectivity index (χ3v) is 8.48. The fraction of sp³-hybridized carbons (Fsp3) is 0.270. The van der Waals surface area contributed by atoms with Crippen molar-refractivity contribution in [3.05, 3.63) is 107 Å².